The summed E-state index contributed by atoms with van der Waals surface area (Å²) in [6.07, 6.45) is 2.61. The lowest BCUT2D eigenvalue weighted by Crippen LogP contribution is -2.54. The topological polar surface area (TPSA) is 50.4 Å². The van der Waals surface area contributed by atoms with Crippen LogP contribution in [0, 0.1) is 6.92 Å². The van der Waals surface area contributed by atoms with Crippen LogP contribution in [0.4, 0.5) is 4.79 Å². The van der Waals surface area contributed by atoms with Gasteiger partial charge in [0.25, 0.3) is 0 Å². The lowest BCUT2D eigenvalue weighted by Gasteiger charge is -2.38. The summed E-state index contributed by atoms with van der Waals surface area (Å²) in [4.78, 5) is 11.9. The van der Waals surface area contributed by atoms with Crippen LogP contribution in [0.1, 0.15) is 36.5 Å². The predicted octanol–water partition coefficient (Wildman–Crippen LogP) is 3.97. The SMILES string of the molecule is Cc1ccccc1CC(C)NC1CC(NC(=O)OCc2ccccc2)C1. The number of rotatable bonds is 7. The van der Waals surface area contributed by atoms with Crippen molar-refractivity contribution in [2.45, 2.75) is 57.8 Å². The molecule has 0 aliphatic heterocycles. The Morgan fingerprint density at radius 2 is 1.77 bits per heavy atom. The van der Waals surface area contributed by atoms with Gasteiger partial charge in [0.15, 0.2) is 0 Å². The van der Waals surface area contributed by atoms with Gasteiger partial charge in [-0.25, -0.2) is 4.79 Å². The second kappa shape index (κ2) is 8.86. The largest absolute Gasteiger partial charge is 0.445 e. The average molecular weight is 352 g/mol. The Kier molecular flexibility index (Phi) is 6.29. The maximum atomic E-state index is 11.9. The molecular weight excluding hydrogens is 324 g/mol. The van der Waals surface area contributed by atoms with Crippen molar-refractivity contribution < 1.29 is 9.53 Å². The van der Waals surface area contributed by atoms with Crippen LogP contribution in [0.5, 0.6) is 0 Å². The average Bonchev–Trinajstić information content (AvgIpc) is 2.61. The van der Waals surface area contributed by atoms with Gasteiger partial charge in [-0.3, -0.25) is 0 Å². The van der Waals surface area contributed by atoms with Crippen molar-refractivity contribution in [1.82, 2.24) is 10.6 Å². The van der Waals surface area contributed by atoms with E-state index in [2.05, 4.69) is 48.7 Å². The summed E-state index contributed by atoms with van der Waals surface area (Å²) in [5.74, 6) is 0. The number of benzene rings is 2. The normalized spacial score (nSPS) is 20.1. The first-order chi connectivity index (χ1) is 12.6. The lowest BCUT2D eigenvalue weighted by atomic mass is 9.86. The number of alkyl carbamates (subject to hydrolysis) is 1. The quantitative estimate of drug-likeness (QED) is 0.793. The summed E-state index contributed by atoms with van der Waals surface area (Å²) in [5, 5.41) is 6.61. The van der Waals surface area contributed by atoms with Crippen LogP contribution < -0.4 is 10.6 Å². The maximum absolute atomic E-state index is 11.9. The second-order valence-electron chi connectivity index (χ2n) is 7.27. The molecule has 138 valence electrons. The third-order valence-electron chi connectivity index (χ3n) is 4.98. The van der Waals surface area contributed by atoms with E-state index in [-0.39, 0.29) is 12.1 Å². The minimum Gasteiger partial charge on any atom is -0.445 e. The van der Waals surface area contributed by atoms with Crippen molar-refractivity contribution in [3.63, 3.8) is 0 Å². The molecule has 4 nitrogen and oxygen atoms in total. The summed E-state index contributed by atoms with van der Waals surface area (Å²) >= 11 is 0. The van der Waals surface area contributed by atoms with Crippen LogP contribution in [0.15, 0.2) is 54.6 Å². The van der Waals surface area contributed by atoms with Crippen molar-refractivity contribution >= 4 is 6.09 Å². The molecule has 0 aromatic heterocycles. The first-order valence-electron chi connectivity index (χ1n) is 9.38. The smallest absolute Gasteiger partial charge is 0.407 e. The Morgan fingerprint density at radius 3 is 2.50 bits per heavy atom. The molecule has 26 heavy (non-hydrogen) atoms. The van der Waals surface area contributed by atoms with Crippen molar-refractivity contribution in [1.29, 1.82) is 0 Å². The van der Waals surface area contributed by atoms with Crippen LogP contribution in [-0.2, 0) is 17.8 Å². The second-order valence-corrected chi connectivity index (χ2v) is 7.27. The van der Waals surface area contributed by atoms with Gasteiger partial charge in [0.1, 0.15) is 6.61 Å². The number of carbonyl (C=O) groups excluding carboxylic acids is 1. The molecule has 1 amide bonds. The van der Waals surface area contributed by atoms with Crippen LogP contribution >= 0.6 is 0 Å². The number of hydrogen-bond acceptors (Lipinski definition) is 3. The molecule has 0 saturated heterocycles. The van der Waals surface area contributed by atoms with Crippen molar-refractivity contribution in [2.75, 3.05) is 0 Å². The highest BCUT2D eigenvalue weighted by Gasteiger charge is 2.31. The summed E-state index contributed by atoms with van der Waals surface area (Å²) in [6.45, 7) is 4.70. The summed E-state index contributed by atoms with van der Waals surface area (Å²) in [7, 11) is 0. The van der Waals surface area contributed by atoms with E-state index >= 15 is 0 Å². The molecule has 1 saturated carbocycles. The van der Waals surface area contributed by atoms with Crippen molar-refractivity contribution in [3.05, 3.63) is 71.3 Å². The molecule has 0 bridgehead atoms. The van der Waals surface area contributed by atoms with E-state index in [1.807, 2.05) is 30.3 Å². The number of nitrogens with one attached hydrogen (secondary N) is 2. The molecule has 1 aliphatic carbocycles. The number of amides is 1. The molecule has 3 rings (SSSR count). The number of carbonyl (C=O) groups is 1. The number of hydrogen-bond donors (Lipinski definition) is 2. The minimum absolute atomic E-state index is 0.210. The van der Waals surface area contributed by atoms with E-state index in [1.54, 1.807) is 0 Å². The molecule has 1 aliphatic rings. The number of ether oxygens (including phenoxy) is 1. The Hall–Kier alpha value is -2.33. The van der Waals surface area contributed by atoms with E-state index in [4.69, 9.17) is 4.74 Å². The predicted molar refractivity (Wildman–Crippen MR) is 104 cm³/mol. The van der Waals surface area contributed by atoms with Gasteiger partial charge in [-0.15, -0.1) is 0 Å². The van der Waals surface area contributed by atoms with Gasteiger partial charge in [0.2, 0.25) is 0 Å². The molecule has 2 aromatic carbocycles. The Labute approximate surface area is 156 Å². The minimum atomic E-state index is -0.328. The van der Waals surface area contributed by atoms with E-state index in [0.717, 1.165) is 24.8 Å². The molecular formula is C22H28N2O2. The summed E-state index contributed by atoms with van der Waals surface area (Å²) in [5.41, 5.74) is 3.74. The fraction of sp³-hybridized carbons (Fsp3) is 0.409. The van der Waals surface area contributed by atoms with Gasteiger partial charge in [0.05, 0.1) is 0 Å². The Bertz CT molecular complexity index is 711. The zero-order chi connectivity index (χ0) is 18.4. The summed E-state index contributed by atoms with van der Waals surface area (Å²) in [6, 6.07) is 19.4. The van der Waals surface area contributed by atoms with Crippen molar-refractivity contribution in [3.8, 4) is 0 Å². The monoisotopic (exact) mass is 352 g/mol. The first-order valence-corrected chi connectivity index (χ1v) is 9.38. The lowest BCUT2D eigenvalue weighted by molar-refractivity contribution is 0.124. The van der Waals surface area contributed by atoms with Gasteiger partial charge in [-0.1, -0.05) is 54.6 Å². The van der Waals surface area contributed by atoms with Gasteiger partial charge < -0.3 is 15.4 Å². The highest BCUT2D eigenvalue weighted by molar-refractivity contribution is 5.67. The number of aryl methyl sites for hydroxylation is 1. The third-order valence-corrected chi connectivity index (χ3v) is 4.98. The van der Waals surface area contributed by atoms with Crippen molar-refractivity contribution in [2.24, 2.45) is 0 Å². The first kappa shape index (κ1) is 18.5. The molecule has 2 aromatic rings. The third kappa shape index (κ3) is 5.33. The van der Waals surface area contributed by atoms with E-state index in [9.17, 15) is 4.79 Å². The summed E-state index contributed by atoms with van der Waals surface area (Å²) < 4.78 is 5.27. The van der Waals surface area contributed by atoms with Crippen LogP contribution in [0.3, 0.4) is 0 Å². The van der Waals surface area contributed by atoms with Gasteiger partial charge >= 0.3 is 6.09 Å². The Morgan fingerprint density at radius 1 is 1.08 bits per heavy atom. The van der Waals surface area contributed by atoms with Gasteiger partial charge in [-0.2, -0.15) is 0 Å². The molecule has 0 heterocycles. The van der Waals surface area contributed by atoms with Crippen LogP contribution in [0.25, 0.3) is 0 Å². The van der Waals surface area contributed by atoms with E-state index in [0.29, 0.717) is 18.7 Å². The molecule has 1 fully saturated rings. The zero-order valence-corrected chi connectivity index (χ0v) is 15.6. The van der Waals surface area contributed by atoms with E-state index < -0.39 is 0 Å². The van der Waals surface area contributed by atoms with E-state index in [1.165, 1.54) is 11.1 Å². The van der Waals surface area contributed by atoms with Crippen LogP contribution in [0.2, 0.25) is 0 Å². The standard InChI is InChI=1S/C22H28N2O2/c1-16-8-6-7-11-19(16)12-17(2)23-20-13-21(14-20)24-22(25)26-15-18-9-4-3-5-10-18/h3-11,17,20-21,23H,12-15H2,1-2H3,(H,24,25). The fourth-order valence-electron chi connectivity index (χ4n) is 3.43. The highest BCUT2D eigenvalue weighted by atomic mass is 16.5. The highest BCUT2D eigenvalue weighted by Crippen LogP contribution is 2.21. The molecule has 1 unspecified atom stereocenters. The molecule has 0 radical (unpaired) electrons. The zero-order valence-electron chi connectivity index (χ0n) is 15.6. The maximum Gasteiger partial charge on any atom is 0.407 e. The van der Waals surface area contributed by atoms with Gasteiger partial charge in [-0.05, 0) is 49.8 Å². The fourth-order valence-corrected chi connectivity index (χ4v) is 3.43. The molecule has 2 N–H and O–H groups in total. The molecule has 0 spiro atoms. The molecule has 1 atom stereocenters. The van der Waals surface area contributed by atoms with Crippen LogP contribution in [-0.4, -0.2) is 24.2 Å². The Balaban J connectivity index is 1.32. The van der Waals surface area contributed by atoms with Gasteiger partial charge in [0, 0.05) is 18.1 Å². The molecule has 4 heteroatoms.